The molecule has 0 radical (unpaired) electrons. The number of rotatable bonds is 3. The predicted octanol–water partition coefficient (Wildman–Crippen LogP) is 2.89. The van der Waals surface area contributed by atoms with Crippen molar-refractivity contribution in [3.05, 3.63) is 28.5 Å². The number of carbonyl (C=O) groups is 1. The standard InChI is InChI=1S/C9H9BrFNOS/c1-14-5-9(13)12-8-3-6(10)2-7(11)4-8/h2-4H,5H2,1H3,(H,12,13). The molecule has 5 heteroatoms. The molecule has 0 spiro atoms. The summed E-state index contributed by atoms with van der Waals surface area (Å²) in [6, 6.07) is 4.27. The van der Waals surface area contributed by atoms with Gasteiger partial charge in [0, 0.05) is 10.2 Å². The second-order valence-electron chi connectivity index (χ2n) is 2.64. The highest BCUT2D eigenvalue weighted by atomic mass is 79.9. The number of hydrogen-bond donors (Lipinski definition) is 1. The molecule has 0 unspecified atom stereocenters. The minimum Gasteiger partial charge on any atom is -0.325 e. The van der Waals surface area contributed by atoms with E-state index < -0.39 is 0 Å². The van der Waals surface area contributed by atoms with E-state index in [0.29, 0.717) is 15.9 Å². The molecule has 0 aliphatic carbocycles. The summed E-state index contributed by atoms with van der Waals surface area (Å²) in [5.41, 5.74) is 0.468. The van der Waals surface area contributed by atoms with Gasteiger partial charge < -0.3 is 5.32 Å². The Balaban J connectivity index is 2.71. The molecule has 1 N–H and O–H groups in total. The van der Waals surface area contributed by atoms with Crippen molar-refractivity contribution in [1.82, 2.24) is 0 Å². The molecule has 0 saturated heterocycles. The fourth-order valence-electron chi connectivity index (χ4n) is 0.954. The van der Waals surface area contributed by atoms with Crippen molar-refractivity contribution in [2.75, 3.05) is 17.3 Å². The molecule has 0 fully saturated rings. The zero-order chi connectivity index (χ0) is 10.6. The van der Waals surface area contributed by atoms with Gasteiger partial charge in [0.25, 0.3) is 0 Å². The molecule has 14 heavy (non-hydrogen) atoms. The lowest BCUT2D eigenvalue weighted by Crippen LogP contribution is -2.13. The Morgan fingerprint density at radius 1 is 1.57 bits per heavy atom. The Morgan fingerprint density at radius 3 is 2.86 bits per heavy atom. The summed E-state index contributed by atoms with van der Waals surface area (Å²) >= 11 is 4.57. The van der Waals surface area contributed by atoms with E-state index in [-0.39, 0.29) is 11.7 Å². The molecular weight excluding hydrogens is 269 g/mol. The number of amides is 1. The monoisotopic (exact) mass is 277 g/mol. The fourth-order valence-corrected chi connectivity index (χ4v) is 1.75. The zero-order valence-electron chi connectivity index (χ0n) is 7.51. The van der Waals surface area contributed by atoms with Gasteiger partial charge in [-0.3, -0.25) is 4.79 Å². The van der Waals surface area contributed by atoms with Crippen molar-refractivity contribution in [1.29, 1.82) is 0 Å². The highest BCUT2D eigenvalue weighted by molar-refractivity contribution is 9.10. The number of carbonyl (C=O) groups excluding carboxylic acids is 1. The van der Waals surface area contributed by atoms with E-state index in [9.17, 15) is 9.18 Å². The number of anilines is 1. The first-order valence-electron chi connectivity index (χ1n) is 3.86. The van der Waals surface area contributed by atoms with E-state index in [1.807, 2.05) is 6.26 Å². The maximum atomic E-state index is 12.9. The molecule has 0 atom stereocenters. The molecule has 0 bridgehead atoms. The van der Waals surface area contributed by atoms with Gasteiger partial charge in [-0.25, -0.2) is 4.39 Å². The molecule has 0 aromatic heterocycles. The van der Waals surface area contributed by atoms with E-state index in [2.05, 4.69) is 21.2 Å². The quantitative estimate of drug-likeness (QED) is 0.921. The molecular formula is C9H9BrFNOS. The molecule has 0 heterocycles. The van der Waals surface area contributed by atoms with Crippen LogP contribution in [-0.4, -0.2) is 17.9 Å². The van der Waals surface area contributed by atoms with Crippen LogP contribution in [0.4, 0.5) is 10.1 Å². The van der Waals surface area contributed by atoms with Crippen molar-refractivity contribution in [3.8, 4) is 0 Å². The molecule has 1 rings (SSSR count). The smallest absolute Gasteiger partial charge is 0.234 e. The van der Waals surface area contributed by atoms with Crippen LogP contribution in [0.15, 0.2) is 22.7 Å². The fraction of sp³-hybridized carbons (Fsp3) is 0.222. The number of nitrogens with one attached hydrogen (secondary N) is 1. The average molecular weight is 278 g/mol. The summed E-state index contributed by atoms with van der Waals surface area (Å²) in [5, 5.41) is 2.59. The third-order valence-corrected chi connectivity index (χ3v) is 2.43. The van der Waals surface area contributed by atoms with Gasteiger partial charge in [-0.15, -0.1) is 0 Å². The van der Waals surface area contributed by atoms with E-state index in [0.717, 1.165) is 0 Å². The van der Waals surface area contributed by atoms with Gasteiger partial charge in [-0.05, 0) is 24.5 Å². The molecule has 0 aliphatic rings. The van der Waals surface area contributed by atoms with Gasteiger partial charge in [-0.2, -0.15) is 11.8 Å². The maximum Gasteiger partial charge on any atom is 0.234 e. The van der Waals surface area contributed by atoms with Crippen molar-refractivity contribution in [2.45, 2.75) is 0 Å². The Labute approximate surface area is 94.4 Å². The highest BCUT2D eigenvalue weighted by Crippen LogP contribution is 2.18. The first-order chi connectivity index (χ1) is 6.61. The minimum absolute atomic E-state index is 0.130. The number of thioether (sulfide) groups is 1. The topological polar surface area (TPSA) is 29.1 Å². The van der Waals surface area contributed by atoms with Gasteiger partial charge in [-0.1, -0.05) is 15.9 Å². The normalized spacial score (nSPS) is 9.93. The van der Waals surface area contributed by atoms with Crippen LogP contribution in [0, 0.1) is 5.82 Å². The van der Waals surface area contributed by atoms with Gasteiger partial charge >= 0.3 is 0 Å². The molecule has 1 aromatic carbocycles. The molecule has 1 amide bonds. The summed E-state index contributed by atoms with van der Waals surface area (Å²) in [4.78, 5) is 11.2. The van der Waals surface area contributed by atoms with Gasteiger partial charge in [0.15, 0.2) is 0 Å². The van der Waals surface area contributed by atoms with Crippen LogP contribution < -0.4 is 5.32 Å². The average Bonchev–Trinajstić information content (AvgIpc) is 2.01. The van der Waals surface area contributed by atoms with Gasteiger partial charge in [0.2, 0.25) is 5.91 Å². The largest absolute Gasteiger partial charge is 0.325 e. The second-order valence-corrected chi connectivity index (χ2v) is 4.42. The van der Waals surface area contributed by atoms with Crippen LogP contribution in [0.1, 0.15) is 0 Å². The zero-order valence-corrected chi connectivity index (χ0v) is 9.91. The Kier molecular flexibility index (Phi) is 4.41. The molecule has 1 aromatic rings. The number of halogens is 2. The van der Waals surface area contributed by atoms with Crippen LogP contribution >= 0.6 is 27.7 Å². The predicted molar refractivity (Wildman–Crippen MR) is 61.1 cm³/mol. The van der Waals surface area contributed by atoms with Crippen molar-refractivity contribution >= 4 is 39.3 Å². The van der Waals surface area contributed by atoms with Crippen LogP contribution in [0.5, 0.6) is 0 Å². The van der Waals surface area contributed by atoms with Crippen LogP contribution in [0.2, 0.25) is 0 Å². The molecule has 2 nitrogen and oxygen atoms in total. The summed E-state index contributed by atoms with van der Waals surface area (Å²) in [6.07, 6.45) is 1.83. The molecule has 76 valence electrons. The third kappa shape index (κ3) is 3.67. The maximum absolute atomic E-state index is 12.9. The van der Waals surface area contributed by atoms with Crippen molar-refractivity contribution < 1.29 is 9.18 Å². The summed E-state index contributed by atoms with van der Waals surface area (Å²) in [5.74, 6) is -0.137. The van der Waals surface area contributed by atoms with E-state index in [1.165, 1.54) is 23.9 Å². The minimum atomic E-state index is -0.376. The van der Waals surface area contributed by atoms with Crippen molar-refractivity contribution in [3.63, 3.8) is 0 Å². The Hall–Kier alpha value is -0.550. The van der Waals surface area contributed by atoms with E-state index in [4.69, 9.17) is 0 Å². The lowest BCUT2D eigenvalue weighted by atomic mass is 10.3. The SMILES string of the molecule is CSCC(=O)Nc1cc(F)cc(Br)c1. The van der Waals surface area contributed by atoms with Gasteiger partial charge in [0.05, 0.1) is 5.75 Å². The Morgan fingerprint density at radius 2 is 2.29 bits per heavy atom. The van der Waals surface area contributed by atoms with Crippen molar-refractivity contribution in [2.24, 2.45) is 0 Å². The Bertz CT molecular complexity index is 325. The summed E-state index contributed by atoms with van der Waals surface area (Å²) < 4.78 is 13.5. The summed E-state index contributed by atoms with van der Waals surface area (Å²) in [7, 11) is 0. The number of hydrogen-bond acceptors (Lipinski definition) is 2. The second kappa shape index (κ2) is 5.36. The third-order valence-electron chi connectivity index (χ3n) is 1.42. The number of benzene rings is 1. The first-order valence-corrected chi connectivity index (χ1v) is 6.05. The first kappa shape index (κ1) is 11.5. The van der Waals surface area contributed by atoms with Crippen LogP contribution in [0.3, 0.4) is 0 Å². The molecule has 0 aliphatic heterocycles. The van der Waals surface area contributed by atoms with Crippen LogP contribution in [0.25, 0.3) is 0 Å². The highest BCUT2D eigenvalue weighted by Gasteiger charge is 2.03. The van der Waals surface area contributed by atoms with E-state index in [1.54, 1.807) is 6.07 Å². The lowest BCUT2D eigenvalue weighted by Gasteiger charge is -2.04. The van der Waals surface area contributed by atoms with E-state index >= 15 is 0 Å². The lowest BCUT2D eigenvalue weighted by molar-refractivity contribution is -0.113. The van der Waals surface area contributed by atoms with Gasteiger partial charge in [0.1, 0.15) is 5.82 Å². The summed E-state index contributed by atoms with van der Waals surface area (Å²) in [6.45, 7) is 0. The van der Waals surface area contributed by atoms with Crippen LogP contribution in [-0.2, 0) is 4.79 Å². The molecule has 0 saturated carbocycles.